The van der Waals surface area contributed by atoms with Gasteiger partial charge in [0.05, 0.1) is 18.2 Å². The van der Waals surface area contributed by atoms with Gasteiger partial charge in [-0.2, -0.15) is 0 Å². The number of hydrogen-bond donors (Lipinski definition) is 3. The van der Waals surface area contributed by atoms with Crippen LogP contribution >= 0.6 is 0 Å². The maximum Gasteiger partial charge on any atom is 0.254 e. The first-order valence-electron chi connectivity index (χ1n) is 10.5. The van der Waals surface area contributed by atoms with Gasteiger partial charge in [0.2, 0.25) is 5.91 Å². The van der Waals surface area contributed by atoms with E-state index >= 15 is 0 Å². The zero-order chi connectivity index (χ0) is 20.6. The molecule has 8 heteroatoms. The second-order valence-corrected chi connectivity index (χ2v) is 7.97. The highest BCUT2D eigenvalue weighted by molar-refractivity contribution is 5.94. The Balaban J connectivity index is 1.32. The Kier molecular flexibility index (Phi) is 7.97. The number of nitrogens with one attached hydrogen (secondary N) is 2. The van der Waals surface area contributed by atoms with Crippen LogP contribution in [0.4, 0.5) is 4.39 Å². The van der Waals surface area contributed by atoms with Gasteiger partial charge in [0.15, 0.2) is 0 Å². The Morgan fingerprint density at radius 3 is 2.45 bits per heavy atom. The minimum absolute atomic E-state index is 0.0239. The largest absolute Gasteiger partial charge is 0.390 e. The highest BCUT2D eigenvalue weighted by Crippen LogP contribution is 2.17. The van der Waals surface area contributed by atoms with Gasteiger partial charge >= 0.3 is 0 Å². The molecule has 0 aromatic heterocycles. The van der Waals surface area contributed by atoms with Gasteiger partial charge in [0.25, 0.3) is 5.91 Å². The van der Waals surface area contributed by atoms with Gasteiger partial charge < -0.3 is 15.7 Å². The van der Waals surface area contributed by atoms with Crippen molar-refractivity contribution < 1.29 is 19.1 Å². The summed E-state index contributed by atoms with van der Waals surface area (Å²) in [6.07, 6.45) is 3.85. The molecular weight excluding hydrogens is 375 g/mol. The summed E-state index contributed by atoms with van der Waals surface area (Å²) in [6, 6.07) is 6.12. The van der Waals surface area contributed by atoms with Crippen molar-refractivity contribution in [3.63, 3.8) is 0 Å². The topological polar surface area (TPSA) is 84.9 Å². The van der Waals surface area contributed by atoms with Gasteiger partial charge in [-0.25, -0.2) is 4.39 Å². The van der Waals surface area contributed by atoms with Crippen LogP contribution in [0.2, 0.25) is 0 Å². The number of piperazine rings is 1. The molecule has 1 aliphatic heterocycles. The van der Waals surface area contributed by atoms with Crippen LogP contribution in [-0.4, -0.2) is 84.7 Å². The van der Waals surface area contributed by atoms with Crippen LogP contribution < -0.4 is 10.6 Å². The molecule has 0 spiro atoms. The predicted octanol–water partition coefficient (Wildman–Crippen LogP) is 0.593. The molecule has 2 aliphatic rings. The van der Waals surface area contributed by atoms with Crippen LogP contribution in [0.25, 0.3) is 0 Å². The predicted molar refractivity (Wildman–Crippen MR) is 108 cm³/mol. The van der Waals surface area contributed by atoms with Crippen molar-refractivity contribution in [2.24, 2.45) is 0 Å². The van der Waals surface area contributed by atoms with E-state index in [-0.39, 0.29) is 18.0 Å². The lowest BCUT2D eigenvalue weighted by Crippen LogP contribution is -2.52. The fourth-order valence-electron chi connectivity index (χ4n) is 3.99. The average Bonchev–Trinajstić information content (AvgIpc) is 3.21. The van der Waals surface area contributed by atoms with E-state index in [9.17, 15) is 19.1 Å². The molecule has 1 unspecified atom stereocenters. The lowest BCUT2D eigenvalue weighted by Gasteiger charge is -2.35. The number of halogens is 1. The summed E-state index contributed by atoms with van der Waals surface area (Å²) in [6.45, 7) is 3.98. The second kappa shape index (κ2) is 10.7. The van der Waals surface area contributed by atoms with Gasteiger partial charge in [0.1, 0.15) is 5.82 Å². The number of rotatable bonds is 8. The summed E-state index contributed by atoms with van der Waals surface area (Å²) < 4.78 is 13.6. The Labute approximate surface area is 171 Å². The number of carbonyl (C=O) groups is 2. The molecule has 29 heavy (non-hydrogen) atoms. The molecule has 1 atom stereocenters. The quantitative estimate of drug-likeness (QED) is 0.589. The van der Waals surface area contributed by atoms with Gasteiger partial charge in [0, 0.05) is 45.3 Å². The number of nitrogens with zero attached hydrogens (tertiary/aromatic N) is 2. The Hall–Kier alpha value is -2.03. The van der Waals surface area contributed by atoms with E-state index in [1.54, 1.807) is 6.07 Å². The van der Waals surface area contributed by atoms with E-state index in [2.05, 4.69) is 20.4 Å². The van der Waals surface area contributed by atoms with E-state index < -0.39 is 17.8 Å². The first kappa shape index (κ1) is 21.7. The lowest BCUT2D eigenvalue weighted by molar-refractivity contribution is -0.123. The SMILES string of the molecule is O=C(CN1CCN(CC(O)CNC(=O)c2ccccc2F)CC1)NC1CCCC1. The highest BCUT2D eigenvalue weighted by atomic mass is 19.1. The maximum absolute atomic E-state index is 13.6. The van der Waals surface area contributed by atoms with Crippen molar-refractivity contribution in [2.75, 3.05) is 45.8 Å². The summed E-state index contributed by atoms with van der Waals surface area (Å²) in [5.74, 6) is -1.01. The second-order valence-electron chi connectivity index (χ2n) is 7.97. The number of benzene rings is 1. The Morgan fingerprint density at radius 2 is 1.76 bits per heavy atom. The number of carbonyl (C=O) groups excluding carboxylic acids is 2. The molecule has 160 valence electrons. The van der Waals surface area contributed by atoms with Gasteiger partial charge in [-0.1, -0.05) is 25.0 Å². The van der Waals surface area contributed by atoms with Gasteiger partial charge in [-0.3, -0.25) is 19.4 Å². The summed E-state index contributed by atoms with van der Waals surface area (Å²) in [5.41, 5.74) is -0.0239. The van der Waals surface area contributed by atoms with E-state index in [0.717, 1.165) is 39.0 Å². The van der Waals surface area contributed by atoms with E-state index in [1.807, 2.05) is 0 Å². The van der Waals surface area contributed by atoms with Crippen molar-refractivity contribution in [1.29, 1.82) is 0 Å². The molecule has 3 N–H and O–H groups in total. The number of amides is 2. The molecule has 1 heterocycles. The minimum Gasteiger partial charge on any atom is -0.390 e. The molecule has 0 radical (unpaired) electrons. The van der Waals surface area contributed by atoms with Crippen molar-refractivity contribution in [3.05, 3.63) is 35.6 Å². The monoisotopic (exact) mass is 406 g/mol. The van der Waals surface area contributed by atoms with E-state index in [4.69, 9.17) is 0 Å². The molecule has 1 aromatic carbocycles. The average molecular weight is 407 g/mol. The summed E-state index contributed by atoms with van der Waals surface area (Å²) in [5, 5.41) is 15.9. The van der Waals surface area contributed by atoms with Crippen LogP contribution in [0.3, 0.4) is 0 Å². The zero-order valence-electron chi connectivity index (χ0n) is 16.8. The number of β-amino-alcohol motifs (C(OH)–C–C–N with tert-alkyl or cyclic N) is 1. The number of aliphatic hydroxyl groups is 1. The first-order valence-corrected chi connectivity index (χ1v) is 10.5. The molecule has 1 aromatic rings. The Bertz CT molecular complexity index is 688. The summed E-state index contributed by atoms with van der Waals surface area (Å²) in [4.78, 5) is 28.4. The molecule has 2 amide bonds. The molecule has 0 bridgehead atoms. The highest BCUT2D eigenvalue weighted by Gasteiger charge is 2.23. The van der Waals surface area contributed by atoms with Crippen LogP contribution in [0.1, 0.15) is 36.0 Å². The maximum atomic E-state index is 13.6. The van der Waals surface area contributed by atoms with E-state index in [0.29, 0.717) is 19.1 Å². The van der Waals surface area contributed by atoms with Crippen molar-refractivity contribution in [3.8, 4) is 0 Å². The first-order chi connectivity index (χ1) is 14.0. The molecule has 1 saturated heterocycles. The van der Waals surface area contributed by atoms with Crippen molar-refractivity contribution in [1.82, 2.24) is 20.4 Å². The fraction of sp³-hybridized carbons (Fsp3) is 0.619. The molecule has 3 rings (SSSR count). The third kappa shape index (κ3) is 6.76. The van der Waals surface area contributed by atoms with Crippen LogP contribution in [0, 0.1) is 5.82 Å². The molecule has 1 saturated carbocycles. The minimum atomic E-state index is -0.733. The van der Waals surface area contributed by atoms with Gasteiger partial charge in [-0.05, 0) is 25.0 Å². The van der Waals surface area contributed by atoms with Crippen molar-refractivity contribution >= 4 is 11.8 Å². The zero-order valence-corrected chi connectivity index (χ0v) is 16.8. The molecule has 1 aliphatic carbocycles. The van der Waals surface area contributed by atoms with Crippen LogP contribution in [0.5, 0.6) is 0 Å². The van der Waals surface area contributed by atoms with Crippen LogP contribution in [-0.2, 0) is 4.79 Å². The molecule has 7 nitrogen and oxygen atoms in total. The fourth-order valence-corrected chi connectivity index (χ4v) is 3.99. The van der Waals surface area contributed by atoms with Crippen molar-refractivity contribution in [2.45, 2.75) is 37.8 Å². The standard InChI is InChI=1S/C21H31FN4O3/c22-19-8-4-3-7-18(19)21(29)23-13-17(27)14-25-9-11-26(12-10-25)15-20(28)24-16-5-1-2-6-16/h3-4,7-8,16-17,27H,1-2,5-6,9-15H2,(H,23,29)(H,24,28). The summed E-state index contributed by atoms with van der Waals surface area (Å²) >= 11 is 0. The third-order valence-corrected chi connectivity index (χ3v) is 5.64. The van der Waals surface area contributed by atoms with Gasteiger partial charge in [-0.15, -0.1) is 0 Å². The summed E-state index contributed by atoms with van der Waals surface area (Å²) in [7, 11) is 0. The van der Waals surface area contributed by atoms with Crippen LogP contribution in [0.15, 0.2) is 24.3 Å². The molecular formula is C21H31FN4O3. The van der Waals surface area contributed by atoms with E-state index in [1.165, 1.54) is 31.0 Å². The lowest BCUT2D eigenvalue weighted by atomic mass is 10.2. The third-order valence-electron chi connectivity index (χ3n) is 5.64. The normalized spacial score (nSPS) is 19.8. The molecule has 2 fully saturated rings. The Morgan fingerprint density at radius 1 is 1.10 bits per heavy atom. The number of aliphatic hydroxyl groups excluding tert-OH is 1. The smallest absolute Gasteiger partial charge is 0.254 e. The number of hydrogen-bond acceptors (Lipinski definition) is 5.